The van der Waals surface area contributed by atoms with Gasteiger partial charge in [-0.1, -0.05) is 30.3 Å². The number of likely N-dealkylation sites (N-methyl/N-ethyl adjacent to an activating group) is 1. The number of carbonyl (C=O) groups is 1. The lowest BCUT2D eigenvalue weighted by Crippen LogP contribution is -2.39. The second kappa shape index (κ2) is 8.99. The number of rotatable bonds is 8. The summed E-state index contributed by atoms with van der Waals surface area (Å²) in [6, 6.07) is 10.3. The predicted octanol–water partition coefficient (Wildman–Crippen LogP) is 1.52. The van der Waals surface area contributed by atoms with E-state index in [0.29, 0.717) is 0 Å². The third-order valence-electron chi connectivity index (χ3n) is 3.27. The van der Waals surface area contributed by atoms with Crippen molar-refractivity contribution in [3.05, 3.63) is 59.7 Å². The Morgan fingerprint density at radius 2 is 2.17 bits per heavy atom. The fourth-order valence-corrected chi connectivity index (χ4v) is 2.47. The van der Waals surface area contributed by atoms with E-state index in [1.165, 1.54) is 28.5 Å². The lowest BCUT2D eigenvalue weighted by Gasteiger charge is -2.15. The molecule has 128 valence electrons. The summed E-state index contributed by atoms with van der Waals surface area (Å²) in [5, 5.41) is 4.56. The van der Waals surface area contributed by atoms with Gasteiger partial charge >= 0.3 is 0 Å². The van der Waals surface area contributed by atoms with Crippen molar-refractivity contribution in [2.75, 3.05) is 14.1 Å². The number of hydrazine groups is 1. The molecular formula is C16H22N6OS. The molecule has 0 unspecified atom stereocenters. The van der Waals surface area contributed by atoms with Crippen molar-refractivity contribution in [1.82, 2.24) is 20.2 Å². The molecule has 0 aliphatic carbocycles. The summed E-state index contributed by atoms with van der Waals surface area (Å²) < 4.78 is 2.03. The van der Waals surface area contributed by atoms with Crippen LogP contribution in [-0.4, -0.2) is 40.3 Å². The number of amides is 1. The van der Waals surface area contributed by atoms with Crippen LogP contribution >= 0.6 is 11.8 Å². The number of benzene rings is 1. The number of nitrogens with zero attached hydrogens (tertiary/aromatic N) is 3. The van der Waals surface area contributed by atoms with Crippen molar-refractivity contribution in [3.63, 3.8) is 0 Å². The summed E-state index contributed by atoms with van der Waals surface area (Å²) in [7, 11) is 3.24. The van der Waals surface area contributed by atoms with Crippen LogP contribution in [-0.2, 0) is 17.1 Å². The molecule has 8 heteroatoms. The molecule has 0 spiro atoms. The van der Waals surface area contributed by atoms with E-state index in [4.69, 9.17) is 5.73 Å². The highest BCUT2D eigenvalue weighted by atomic mass is 32.2. The highest BCUT2D eigenvalue weighted by molar-refractivity contribution is 8.11. The van der Waals surface area contributed by atoms with Crippen molar-refractivity contribution in [2.45, 2.75) is 12.3 Å². The Balaban J connectivity index is 1.71. The number of nitrogens with two attached hydrogens (primary N) is 1. The smallest absolute Gasteiger partial charge is 0.285 e. The predicted molar refractivity (Wildman–Crippen MR) is 98.2 cm³/mol. The number of H-pyrrole nitrogens is 1. The lowest BCUT2D eigenvalue weighted by atomic mass is 10.2. The minimum atomic E-state index is -0.320. The molecule has 4 N–H and O–H groups in total. The van der Waals surface area contributed by atoms with Crippen LogP contribution in [0.4, 0.5) is 0 Å². The van der Waals surface area contributed by atoms with Gasteiger partial charge in [-0.15, -0.1) is 11.8 Å². The number of aliphatic imine (C=N–C) groups is 1. The first-order chi connectivity index (χ1) is 11.6. The molecule has 0 saturated heterocycles. The molecule has 0 atom stereocenters. The summed E-state index contributed by atoms with van der Waals surface area (Å²) in [5.74, 6) is 0.465. The first-order valence-electron chi connectivity index (χ1n) is 7.42. The zero-order valence-electron chi connectivity index (χ0n) is 13.8. The minimum absolute atomic E-state index is 0.0821. The van der Waals surface area contributed by atoms with Crippen LogP contribution in [0.5, 0.6) is 0 Å². The van der Waals surface area contributed by atoms with Crippen molar-refractivity contribution in [1.29, 1.82) is 0 Å². The molecule has 0 saturated carbocycles. The van der Waals surface area contributed by atoms with Gasteiger partial charge in [0.2, 0.25) is 0 Å². The van der Waals surface area contributed by atoms with Gasteiger partial charge in [0, 0.05) is 26.0 Å². The summed E-state index contributed by atoms with van der Waals surface area (Å²) in [6.07, 6.45) is 3.43. The van der Waals surface area contributed by atoms with Crippen molar-refractivity contribution in [3.8, 4) is 0 Å². The quantitative estimate of drug-likeness (QED) is 0.292. The monoisotopic (exact) mass is 346 g/mol. The van der Waals surface area contributed by atoms with Crippen LogP contribution in [0.2, 0.25) is 0 Å². The Labute approximate surface area is 145 Å². The molecular weight excluding hydrogens is 324 g/mol. The van der Waals surface area contributed by atoms with E-state index >= 15 is 0 Å². The number of hydrogen-bond acceptors (Lipinski definition) is 5. The molecule has 0 aliphatic heterocycles. The second-order valence-electron chi connectivity index (χ2n) is 5.12. The number of carbonyl (C=O) groups excluding carboxylic acids is 1. The van der Waals surface area contributed by atoms with Gasteiger partial charge in [-0.05, 0) is 5.56 Å². The SMILES string of the molecule is CNN(C)C(=O)/C(N)=C/N=CSCc1cn(Cc2ccccc2)[nH]1. The third-order valence-corrected chi connectivity index (χ3v) is 4.02. The van der Waals surface area contributed by atoms with Crippen LogP contribution in [0.15, 0.2) is 53.4 Å². The zero-order chi connectivity index (χ0) is 17.4. The molecule has 0 bridgehead atoms. The summed E-state index contributed by atoms with van der Waals surface area (Å²) in [6.45, 7) is 0.837. The maximum atomic E-state index is 11.7. The highest BCUT2D eigenvalue weighted by Gasteiger charge is 2.08. The van der Waals surface area contributed by atoms with Crippen molar-refractivity contribution in [2.24, 2.45) is 10.7 Å². The Hall–Kier alpha value is -2.45. The topological polar surface area (TPSA) is 91.4 Å². The number of aromatic nitrogens is 2. The highest BCUT2D eigenvalue weighted by Crippen LogP contribution is 2.11. The number of thioether (sulfide) groups is 1. The van der Waals surface area contributed by atoms with Gasteiger partial charge in [0.15, 0.2) is 0 Å². The molecule has 2 rings (SSSR count). The molecule has 7 nitrogen and oxygen atoms in total. The van der Waals surface area contributed by atoms with Crippen molar-refractivity contribution < 1.29 is 4.79 Å². The Kier molecular flexibility index (Phi) is 6.71. The fourth-order valence-electron chi connectivity index (χ4n) is 1.93. The van der Waals surface area contributed by atoms with E-state index in [1.807, 2.05) is 22.9 Å². The molecule has 0 fully saturated rings. The molecule has 0 radical (unpaired) electrons. The number of aromatic amines is 1. The van der Waals surface area contributed by atoms with E-state index in [1.54, 1.807) is 19.6 Å². The summed E-state index contributed by atoms with van der Waals surface area (Å²) in [5.41, 5.74) is 12.5. The average molecular weight is 346 g/mol. The molecule has 24 heavy (non-hydrogen) atoms. The van der Waals surface area contributed by atoms with E-state index < -0.39 is 0 Å². The third kappa shape index (κ3) is 5.32. The van der Waals surface area contributed by atoms with Crippen LogP contribution in [0, 0.1) is 0 Å². The minimum Gasteiger partial charge on any atom is -0.393 e. The second-order valence-corrected chi connectivity index (χ2v) is 5.95. The Bertz CT molecular complexity index is 691. The number of hydrogen-bond donors (Lipinski definition) is 3. The molecule has 0 aliphatic rings. The first-order valence-corrected chi connectivity index (χ1v) is 8.47. The summed E-state index contributed by atoms with van der Waals surface area (Å²) >= 11 is 1.52. The van der Waals surface area contributed by atoms with Crippen molar-refractivity contribution >= 4 is 23.2 Å². The maximum Gasteiger partial charge on any atom is 0.285 e. The summed E-state index contributed by atoms with van der Waals surface area (Å²) in [4.78, 5) is 15.7. The molecule has 2 aromatic rings. The van der Waals surface area contributed by atoms with Crippen LogP contribution in [0.25, 0.3) is 0 Å². The molecule has 1 amide bonds. The van der Waals surface area contributed by atoms with E-state index in [0.717, 1.165) is 18.0 Å². The van der Waals surface area contributed by atoms with Gasteiger partial charge in [0.25, 0.3) is 5.91 Å². The standard InChI is InChI=1S/C16H22N6OS/c1-18-21(2)16(23)15(17)8-19-12-24-11-14-10-22(20-14)9-13-6-4-3-5-7-13/h3-8,10,12,18,20H,9,11,17H2,1-2H3/b15-8-,19-12?. The van der Waals surface area contributed by atoms with E-state index in [9.17, 15) is 4.79 Å². The van der Waals surface area contributed by atoms with Crippen LogP contribution in [0.1, 0.15) is 11.3 Å². The van der Waals surface area contributed by atoms with Gasteiger partial charge < -0.3 is 10.8 Å². The molecule has 1 aromatic carbocycles. The Morgan fingerprint density at radius 1 is 1.46 bits per heavy atom. The molecule has 1 aromatic heterocycles. The fraction of sp³-hybridized carbons (Fsp3) is 0.250. The zero-order valence-corrected chi connectivity index (χ0v) is 14.6. The van der Waals surface area contributed by atoms with Gasteiger partial charge in [-0.3, -0.25) is 19.5 Å². The number of nitrogens with one attached hydrogen (secondary N) is 2. The largest absolute Gasteiger partial charge is 0.393 e. The lowest BCUT2D eigenvalue weighted by molar-refractivity contribution is -0.128. The van der Waals surface area contributed by atoms with Gasteiger partial charge in [0.05, 0.1) is 24.0 Å². The van der Waals surface area contributed by atoms with Gasteiger partial charge in [0.1, 0.15) is 5.70 Å². The molecule has 1 heterocycles. The Morgan fingerprint density at radius 3 is 2.83 bits per heavy atom. The van der Waals surface area contributed by atoms with E-state index in [-0.39, 0.29) is 11.6 Å². The van der Waals surface area contributed by atoms with Crippen LogP contribution < -0.4 is 11.2 Å². The first kappa shape index (κ1) is 17.9. The maximum absolute atomic E-state index is 11.7. The van der Waals surface area contributed by atoms with Gasteiger partial charge in [-0.2, -0.15) is 0 Å². The van der Waals surface area contributed by atoms with E-state index in [2.05, 4.69) is 33.8 Å². The average Bonchev–Trinajstić information content (AvgIpc) is 2.58. The van der Waals surface area contributed by atoms with Gasteiger partial charge in [-0.25, -0.2) is 5.43 Å². The normalized spacial score (nSPS) is 12.0. The van der Waals surface area contributed by atoms with Crippen LogP contribution in [0.3, 0.4) is 0 Å².